The van der Waals surface area contributed by atoms with Crippen LogP contribution in [0.25, 0.3) is 0 Å². The summed E-state index contributed by atoms with van der Waals surface area (Å²) in [4.78, 5) is 7.78. The van der Waals surface area contributed by atoms with Crippen molar-refractivity contribution >= 4 is 28.1 Å². The number of benzene rings is 1. The Morgan fingerprint density at radius 1 is 1.35 bits per heavy atom. The van der Waals surface area contributed by atoms with Gasteiger partial charge in [0.1, 0.15) is 0 Å². The summed E-state index contributed by atoms with van der Waals surface area (Å²) < 4.78 is 5.15. The van der Waals surface area contributed by atoms with Crippen LogP contribution in [0.5, 0.6) is 0 Å². The molecular weight excluding hydrogens is 294 g/mol. The fourth-order valence-electron chi connectivity index (χ4n) is 1.87. The third-order valence-corrected chi connectivity index (χ3v) is 4.38. The van der Waals surface area contributed by atoms with Gasteiger partial charge in [0.15, 0.2) is 5.13 Å². The molecule has 0 aliphatic heterocycles. The monoisotopic (exact) mass is 311 g/mol. The molecule has 0 amide bonds. The van der Waals surface area contributed by atoms with Crippen molar-refractivity contribution in [3.05, 3.63) is 45.4 Å². The summed E-state index contributed by atoms with van der Waals surface area (Å²) in [5.74, 6) is 0. The number of thiazole rings is 1. The van der Waals surface area contributed by atoms with E-state index < -0.39 is 0 Å². The Labute approximate surface area is 128 Å². The van der Waals surface area contributed by atoms with E-state index in [4.69, 9.17) is 22.1 Å². The number of methoxy groups -OCH3 is 1. The third kappa shape index (κ3) is 3.70. The minimum atomic E-state index is 0.491. The number of aromatic nitrogens is 1. The summed E-state index contributed by atoms with van der Waals surface area (Å²) in [5, 5.41) is 1.70. The van der Waals surface area contributed by atoms with Gasteiger partial charge in [-0.25, -0.2) is 4.98 Å². The average Bonchev–Trinajstić information content (AvgIpc) is 2.85. The van der Waals surface area contributed by atoms with Gasteiger partial charge >= 0.3 is 0 Å². The van der Waals surface area contributed by atoms with Gasteiger partial charge in [0.05, 0.1) is 12.3 Å². The van der Waals surface area contributed by atoms with Crippen molar-refractivity contribution in [1.29, 1.82) is 0 Å². The van der Waals surface area contributed by atoms with Gasteiger partial charge in [-0.3, -0.25) is 0 Å². The fraction of sp³-hybridized carbons (Fsp3) is 0.357. The van der Waals surface area contributed by atoms with Crippen LogP contribution in [0.2, 0.25) is 5.02 Å². The maximum atomic E-state index is 5.89. The molecule has 2 rings (SSSR count). The lowest BCUT2D eigenvalue weighted by Gasteiger charge is -2.15. The summed E-state index contributed by atoms with van der Waals surface area (Å²) in [5.41, 5.74) is 7.86. The third-order valence-electron chi connectivity index (χ3n) is 2.89. The highest BCUT2D eigenvalue weighted by molar-refractivity contribution is 7.15. The van der Waals surface area contributed by atoms with E-state index in [1.54, 1.807) is 18.4 Å². The Kier molecular flexibility index (Phi) is 5.37. The second-order valence-electron chi connectivity index (χ2n) is 4.49. The lowest BCUT2D eigenvalue weighted by atomic mass is 10.2. The molecule has 0 aliphatic carbocycles. The maximum Gasteiger partial charge on any atom is 0.185 e. The predicted molar refractivity (Wildman–Crippen MR) is 84.3 cm³/mol. The van der Waals surface area contributed by atoms with Crippen LogP contribution in [-0.2, 0) is 24.4 Å². The number of halogens is 1. The summed E-state index contributed by atoms with van der Waals surface area (Å²) in [6.45, 7) is 1.77. The molecule has 0 aliphatic rings. The van der Waals surface area contributed by atoms with Gasteiger partial charge in [0.25, 0.3) is 0 Å². The van der Waals surface area contributed by atoms with Gasteiger partial charge in [-0.05, 0) is 17.7 Å². The van der Waals surface area contributed by atoms with Crippen molar-refractivity contribution in [2.75, 3.05) is 19.1 Å². The molecule has 4 nitrogen and oxygen atoms in total. The molecule has 20 heavy (non-hydrogen) atoms. The van der Waals surface area contributed by atoms with Crippen LogP contribution in [0, 0.1) is 0 Å². The molecule has 2 N–H and O–H groups in total. The van der Waals surface area contributed by atoms with Crippen LogP contribution in [0.4, 0.5) is 5.13 Å². The number of nitrogens with two attached hydrogens (primary N) is 1. The van der Waals surface area contributed by atoms with E-state index in [-0.39, 0.29) is 0 Å². The highest BCUT2D eigenvalue weighted by Crippen LogP contribution is 2.27. The standard InChI is InChI=1S/C14H18ClN3OS/c1-18(8-10-3-5-11(15)6-4-10)14-17-12(9-19-2)13(7-16)20-14/h3-6H,7-9,16H2,1-2H3. The fourth-order valence-corrected chi connectivity index (χ4v) is 2.90. The van der Waals surface area contributed by atoms with Crippen LogP contribution in [0.1, 0.15) is 16.1 Å². The Morgan fingerprint density at radius 2 is 2.05 bits per heavy atom. The molecule has 1 aromatic carbocycles. The molecule has 0 atom stereocenters. The zero-order valence-electron chi connectivity index (χ0n) is 11.6. The highest BCUT2D eigenvalue weighted by Gasteiger charge is 2.13. The first-order chi connectivity index (χ1) is 9.63. The highest BCUT2D eigenvalue weighted by atomic mass is 35.5. The topological polar surface area (TPSA) is 51.4 Å². The molecule has 0 fully saturated rings. The van der Waals surface area contributed by atoms with Crippen LogP contribution in [0.15, 0.2) is 24.3 Å². The number of hydrogen-bond acceptors (Lipinski definition) is 5. The van der Waals surface area contributed by atoms with Gasteiger partial charge in [0.2, 0.25) is 0 Å². The molecule has 0 unspecified atom stereocenters. The Bertz CT molecular complexity index is 556. The van der Waals surface area contributed by atoms with E-state index in [1.807, 2.05) is 31.3 Å². The number of ether oxygens (including phenoxy) is 1. The second-order valence-corrected chi connectivity index (χ2v) is 5.98. The normalized spacial score (nSPS) is 10.8. The quantitative estimate of drug-likeness (QED) is 0.891. The minimum Gasteiger partial charge on any atom is -0.378 e. The first kappa shape index (κ1) is 15.3. The summed E-state index contributed by atoms with van der Waals surface area (Å²) in [6, 6.07) is 7.83. The SMILES string of the molecule is COCc1nc(N(C)Cc2ccc(Cl)cc2)sc1CN. The van der Waals surface area contributed by atoms with E-state index in [2.05, 4.69) is 9.88 Å². The number of anilines is 1. The number of rotatable bonds is 6. The van der Waals surface area contributed by atoms with Gasteiger partial charge in [-0.2, -0.15) is 0 Å². The number of hydrogen-bond donors (Lipinski definition) is 1. The molecule has 0 saturated carbocycles. The molecular formula is C14H18ClN3OS. The van der Waals surface area contributed by atoms with E-state index in [0.717, 1.165) is 27.3 Å². The lowest BCUT2D eigenvalue weighted by Crippen LogP contribution is -2.16. The number of nitrogens with zero attached hydrogens (tertiary/aromatic N) is 2. The average molecular weight is 312 g/mol. The summed E-state index contributed by atoms with van der Waals surface area (Å²) in [6.07, 6.45) is 0. The van der Waals surface area contributed by atoms with Crippen LogP contribution in [0.3, 0.4) is 0 Å². The molecule has 1 heterocycles. The first-order valence-corrected chi connectivity index (χ1v) is 7.46. The molecule has 0 bridgehead atoms. The Balaban J connectivity index is 2.12. The van der Waals surface area contributed by atoms with Gasteiger partial charge in [0, 0.05) is 37.1 Å². The second kappa shape index (κ2) is 7.04. The van der Waals surface area contributed by atoms with Crippen molar-refractivity contribution in [3.8, 4) is 0 Å². The van der Waals surface area contributed by atoms with E-state index >= 15 is 0 Å². The van der Waals surface area contributed by atoms with Crippen molar-refractivity contribution in [2.45, 2.75) is 19.7 Å². The first-order valence-electron chi connectivity index (χ1n) is 6.27. The van der Waals surface area contributed by atoms with E-state index in [1.165, 1.54) is 5.56 Å². The van der Waals surface area contributed by atoms with Gasteiger partial charge < -0.3 is 15.4 Å². The molecule has 1 aromatic heterocycles. The minimum absolute atomic E-state index is 0.491. The Hall–Kier alpha value is -1.14. The zero-order chi connectivity index (χ0) is 14.5. The zero-order valence-corrected chi connectivity index (χ0v) is 13.2. The van der Waals surface area contributed by atoms with Crippen LogP contribution < -0.4 is 10.6 Å². The molecule has 0 radical (unpaired) electrons. The van der Waals surface area contributed by atoms with Crippen molar-refractivity contribution in [1.82, 2.24) is 4.98 Å². The summed E-state index contributed by atoms with van der Waals surface area (Å²) >= 11 is 7.50. The van der Waals surface area contributed by atoms with E-state index in [9.17, 15) is 0 Å². The maximum absolute atomic E-state index is 5.89. The lowest BCUT2D eigenvalue weighted by molar-refractivity contribution is 0.181. The van der Waals surface area contributed by atoms with E-state index in [0.29, 0.717) is 13.2 Å². The van der Waals surface area contributed by atoms with Crippen molar-refractivity contribution in [3.63, 3.8) is 0 Å². The molecule has 0 spiro atoms. The predicted octanol–water partition coefficient (Wildman–Crippen LogP) is 3.04. The molecule has 6 heteroatoms. The van der Waals surface area contributed by atoms with Crippen molar-refractivity contribution in [2.24, 2.45) is 5.73 Å². The van der Waals surface area contributed by atoms with Crippen LogP contribution in [-0.4, -0.2) is 19.1 Å². The summed E-state index contributed by atoms with van der Waals surface area (Å²) in [7, 11) is 3.68. The molecule has 2 aromatic rings. The van der Waals surface area contributed by atoms with Gasteiger partial charge in [-0.15, -0.1) is 11.3 Å². The Morgan fingerprint density at radius 3 is 2.65 bits per heavy atom. The smallest absolute Gasteiger partial charge is 0.185 e. The molecule has 0 saturated heterocycles. The van der Waals surface area contributed by atoms with Crippen molar-refractivity contribution < 1.29 is 4.74 Å². The van der Waals surface area contributed by atoms with Crippen LogP contribution >= 0.6 is 22.9 Å². The molecule has 108 valence electrons. The largest absolute Gasteiger partial charge is 0.378 e. The van der Waals surface area contributed by atoms with Gasteiger partial charge in [-0.1, -0.05) is 23.7 Å².